The molecule has 1 N–H and O–H groups in total. The van der Waals surface area contributed by atoms with Crippen LogP contribution in [0.2, 0.25) is 5.02 Å². The molecule has 0 atom stereocenters. The Morgan fingerprint density at radius 3 is 3.00 bits per heavy atom. The molecular weight excluding hydrogens is 194 g/mol. The second-order valence-electron chi connectivity index (χ2n) is 2.42. The van der Waals surface area contributed by atoms with Crippen LogP contribution in [0.5, 0.6) is 0 Å². The second-order valence-corrected chi connectivity index (χ2v) is 2.83. The van der Waals surface area contributed by atoms with Gasteiger partial charge < -0.3 is 9.72 Å². The van der Waals surface area contributed by atoms with Crippen LogP contribution in [0.1, 0.15) is 5.56 Å². The van der Waals surface area contributed by atoms with E-state index in [1.807, 2.05) is 0 Å². The average molecular weight is 202 g/mol. The van der Waals surface area contributed by atoms with Crippen molar-refractivity contribution in [3.8, 4) is 0 Å². The molecule has 0 aliphatic rings. The summed E-state index contributed by atoms with van der Waals surface area (Å²) in [6, 6.07) is 1.28. The molecule has 13 heavy (non-hydrogen) atoms. The largest absolute Gasteiger partial charge is 0.469 e. The van der Waals surface area contributed by atoms with Gasteiger partial charge in [-0.25, -0.2) is 0 Å². The summed E-state index contributed by atoms with van der Waals surface area (Å²) in [5.74, 6) is -0.424. The van der Waals surface area contributed by atoms with E-state index in [2.05, 4.69) is 9.72 Å². The molecule has 1 rings (SSSR count). The lowest BCUT2D eigenvalue weighted by Gasteiger charge is -2.00. The van der Waals surface area contributed by atoms with Crippen LogP contribution in [0.15, 0.2) is 17.1 Å². The Morgan fingerprint density at radius 2 is 2.38 bits per heavy atom. The predicted octanol–water partition coefficient (Wildman–Crippen LogP) is 0.744. The van der Waals surface area contributed by atoms with Crippen molar-refractivity contribution in [3.05, 3.63) is 33.2 Å². The first kappa shape index (κ1) is 9.80. The van der Waals surface area contributed by atoms with Crippen LogP contribution in [0.3, 0.4) is 0 Å². The molecule has 0 aliphatic carbocycles. The minimum absolute atomic E-state index is 0.0131. The summed E-state index contributed by atoms with van der Waals surface area (Å²) in [6.45, 7) is 0. The van der Waals surface area contributed by atoms with Gasteiger partial charge in [-0.15, -0.1) is 0 Å². The molecule has 0 bridgehead atoms. The smallest absolute Gasteiger partial charge is 0.310 e. The van der Waals surface area contributed by atoms with Crippen LogP contribution >= 0.6 is 11.6 Å². The topological polar surface area (TPSA) is 59.2 Å². The molecule has 0 aromatic carbocycles. The van der Waals surface area contributed by atoms with Gasteiger partial charge in [0.2, 0.25) is 5.56 Å². The molecule has 0 fully saturated rings. The van der Waals surface area contributed by atoms with Gasteiger partial charge in [0.1, 0.15) is 0 Å². The quantitative estimate of drug-likeness (QED) is 0.719. The van der Waals surface area contributed by atoms with Crippen LogP contribution < -0.4 is 5.56 Å². The molecular formula is C8H8ClNO3. The van der Waals surface area contributed by atoms with Crippen molar-refractivity contribution in [2.45, 2.75) is 6.42 Å². The minimum Gasteiger partial charge on any atom is -0.469 e. The van der Waals surface area contributed by atoms with E-state index in [-0.39, 0.29) is 12.0 Å². The molecule has 1 heterocycles. The Bertz CT molecular complexity index is 372. The van der Waals surface area contributed by atoms with E-state index in [0.29, 0.717) is 10.6 Å². The van der Waals surface area contributed by atoms with Gasteiger partial charge >= 0.3 is 5.97 Å². The number of aromatic nitrogens is 1. The van der Waals surface area contributed by atoms with E-state index in [1.54, 1.807) is 0 Å². The summed E-state index contributed by atoms with van der Waals surface area (Å²) in [5.41, 5.74) is 0.181. The normalized spacial score (nSPS) is 9.69. The first-order valence-electron chi connectivity index (χ1n) is 3.57. The molecule has 1 aromatic rings. The first-order chi connectivity index (χ1) is 6.13. The SMILES string of the molecule is COC(=O)Cc1cc(=O)[nH]cc1Cl. The van der Waals surface area contributed by atoms with Gasteiger partial charge in [0.25, 0.3) is 0 Å². The maximum absolute atomic E-state index is 10.9. The molecule has 0 amide bonds. The highest BCUT2D eigenvalue weighted by atomic mass is 35.5. The fraction of sp³-hybridized carbons (Fsp3) is 0.250. The standard InChI is InChI=1S/C8H8ClNO3/c1-13-8(12)3-5-2-7(11)10-4-6(5)9/h2,4H,3H2,1H3,(H,10,11). The van der Waals surface area contributed by atoms with Gasteiger partial charge in [-0.05, 0) is 5.56 Å². The highest BCUT2D eigenvalue weighted by molar-refractivity contribution is 6.31. The first-order valence-corrected chi connectivity index (χ1v) is 3.95. The van der Waals surface area contributed by atoms with Gasteiger partial charge in [0.15, 0.2) is 0 Å². The van der Waals surface area contributed by atoms with Crippen molar-refractivity contribution in [1.29, 1.82) is 0 Å². The van der Waals surface area contributed by atoms with Gasteiger partial charge in [0, 0.05) is 12.3 Å². The number of nitrogens with one attached hydrogen (secondary N) is 1. The highest BCUT2D eigenvalue weighted by Gasteiger charge is 2.07. The van der Waals surface area contributed by atoms with Crippen molar-refractivity contribution in [3.63, 3.8) is 0 Å². The number of methoxy groups -OCH3 is 1. The van der Waals surface area contributed by atoms with Crippen molar-refractivity contribution in [2.75, 3.05) is 7.11 Å². The maximum Gasteiger partial charge on any atom is 0.310 e. The van der Waals surface area contributed by atoms with Crippen molar-refractivity contribution in [2.24, 2.45) is 0 Å². The second kappa shape index (κ2) is 4.09. The molecule has 0 saturated carbocycles. The summed E-state index contributed by atoms with van der Waals surface area (Å²) >= 11 is 5.72. The lowest BCUT2D eigenvalue weighted by Crippen LogP contribution is -2.10. The monoisotopic (exact) mass is 201 g/mol. The van der Waals surface area contributed by atoms with Crippen LogP contribution in [0, 0.1) is 0 Å². The van der Waals surface area contributed by atoms with Gasteiger partial charge in [-0.1, -0.05) is 11.6 Å². The molecule has 0 saturated heterocycles. The highest BCUT2D eigenvalue weighted by Crippen LogP contribution is 2.12. The number of rotatable bonds is 2. The number of esters is 1. The number of hydrogen-bond donors (Lipinski definition) is 1. The van der Waals surface area contributed by atoms with Gasteiger partial charge in [-0.2, -0.15) is 0 Å². The molecule has 0 unspecified atom stereocenters. The number of hydrogen-bond acceptors (Lipinski definition) is 3. The van der Waals surface area contributed by atoms with Crippen LogP contribution in [0.25, 0.3) is 0 Å². The lowest BCUT2D eigenvalue weighted by atomic mass is 10.2. The Kier molecular flexibility index (Phi) is 3.08. The molecule has 1 aromatic heterocycles. The number of halogens is 1. The number of carbonyl (C=O) groups excluding carboxylic acids is 1. The number of ether oxygens (including phenoxy) is 1. The Hall–Kier alpha value is -1.29. The third kappa shape index (κ3) is 2.59. The van der Waals surface area contributed by atoms with Crippen LogP contribution in [-0.2, 0) is 16.0 Å². The van der Waals surface area contributed by atoms with E-state index in [1.165, 1.54) is 19.4 Å². The van der Waals surface area contributed by atoms with Crippen molar-refractivity contribution in [1.82, 2.24) is 4.98 Å². The van der Waals surface area contributed by atoms with E-state index < -0.39 is 5.97 Å². The van der Waals surface area contributed by atoms with Gasteiger partial charge in [-0.3, -0.25) is 9.59 Å². The summed E-state index contributed by atoms with van der Waals surface area (Å²) in [4.78, 5) is 24.1. The summed E-state index contributed by atoms with van der Waals surface area (Å²) in [5, 5.41) is 0.352. The molecule has 70 valence electrons. The maximum atomic E-state index is 10.9. The van der Waals surface area contributed by atoms with Gasteiger partial charge in [0.05, 0.1) is 18.6 Å². The zero-order chi connectivity index (χ0) is 9.84. The number of pyridine rings is 1. The van der Waals surface area contributed by atoms with Crippen LogP contribution in [-0.4, -0.2) is 18.1 Å². The fourth-order valence-electron chi connectivity index (χ4n) is 0.859. The summed E-state index contributed by atoms with van der Waals surface area (Å²) in [6.07, 6.45) is 1.36. The van der Waals surface area contributed by atoms with E-state index in [0.717, 1.165) is 0 Å². The Morgan fingerprint density at radius 1 is 1.69 bits per heavy atom. The molecule has 0 radical (unpaired) electrons. The number of H-pyrrole nitrogens is 1. The third-order valence-electron chi connectivity index (χ3n) is 1.52. The Balaban J connectivity index is 2.94. The van der Waals surface area contributed by atoms with E-state index in [9.17, 15) is 9.59 Å². The summed E-state index contributed by atoms with van der Waals surface area (Å²) < 4.78 is 4.44. The van der Waals surface area contributed by atoms with E-state index in [4.69, 9.17) is 11.6 Å². The molecule has 5 heteroatoms. The predicted molar refractivity (Wildman–Crippen MR) is 47.8 cm³/mol. The number of carbonyl (C=O) groups is 1. The zero-order valence-electron chi connectivity index (χ0n) is 6.96. The molecule has 4 nitrogen and oxygen atoms in total. The van der Waals surface area contributed by atoms with E-state index >= 15 is 0 Å². The zero-order valence-corrected chi connectivity index (χ0v) is 7.72. The molecule has 0 spiro atoms. The third-order valence-corrected chi connectivity index (χ3v) is 1.87. The fourth-order valence-corrected chi connectivity index (χ4v) is 1.04. The van der Waals surface area contributed by atoms with Crippen molar-refractivity contribution >= 4 is 17.6 Å². The Labute approximate surface area is 79.5 Å². The minimum atomic E-state index is -0.424. The van der Waals surface area contributed by atoms with Crippen LogP contribution in [0.4, 0.5) is 0 Å². The number of aromatic amines is 1. The lowest BCUT2D eigenvalue weighted by molar-refractivity contribution is -0.139. The van der Waals surface area contributed by atoms with Crippen molar-refractivity contribution < 1.29 is 9.53 Å². The average Bonchev–Trinajstić information content (AvgIpc) is 2.11. The molecule has 0 aliphatic heterocycles. The summed E-state index contributed by atoms with van der Waals surface area (Å²) in [7, 11) is 1.28.